The minimum atomic E-state index is -0.238. The molecule has 0 saturated heterocycles. The first kappa shape index (κ1) is 16.0. The first-order valence-electron chi connectivity index (χ1n) is 8.71. The molecule has 1 aliphatic rings. The van der Waals surface area contributed by atoms with E-state index in [0.717, 1.165) is 48.0 Å². The third-order valence-electron chi connectivity index (χ3n) is 5.05. The van der Waals surface area contributed by atoms with Gasteiger partial charge in [0.05, 0.1) is 16.9 Å². The molecule has 0 spiro atoms. The molecule has 3 heteroatoms. The number of hydrogen-bond acceptors (Lipinski definition) is 2. The average Bonchev–Trinajstić information content (AvgIpc) is 2.54. The Bertz CT molecular complexity index is 715. The van der Waals surface area contributed by atoms with Gasteiger partial charge in [-0.3, -0.25) is 9.78 Å². The van der Waals surface area contributed by atoms with Crippen LogP contribution in [0.1, 0.15) is 64.5 Å². The molecule has 1 heterocycles. The van der Waals surface area contributed by atoms with Crippen LogP contribution in [0, 0.1) is 5.41 Å². The van der Waals surface area contributed by atoms with E-state index < -0.39 is 0 Å². The number of rotatable bonds is 3. The van der Waals surface area contributed by atoms with Crippen LogP contribution in [-0.4, -0.2) is 10.9 Å². The van der Waals surface area contributed by atoms with Gasteiger partial charge in [0.25, 0.3) is 0 Å². The van der Waals surface area contributed by atoms with Gasteiger partial charge in [0.1, 0.15) is 0 Å². The number of nitrogens with one attached hydrogen (secondary N) is 1. The molecule has 1 aromatic carbocycles. The Morgan fingerprint density at radius 2 is 1.87 bits per heavy atom. The molecule has 2 aromatic rings. The molecule has 3 rings (SSSR count). The smallest absolute Gasteiger partial charge is 0.230 e. The summed E-state index contributed by atoms with van der Waals surface area (Å²) in [6.07, 6.45) is 5.51. The van der Waals surface area contributed by atoms with E-state index in [1.165, 1.54) is 6.42 Å². The Hall–Kier alpha value is -1.90. The fourth-order valence-corrected chi connectivity index (χ4v) is 3.50. The molecule has 1 amide bonds. The van der Waals surface area contributed by atoms with E-state index in [9.17, 15) is 4.79 Å². The van der Waals surface area contributed by atoms with Crippen molar-refractivity contribution in [1.82, 2.24) is 4.98 Å². The van der Waals surface area contributed by atoms with Crippen molar-refractivity contribution in [3.8, 4) is 0 Å². The minimum Gasteiger partial charge on any atom is -0.324 e. The number of para-hydroxylation sites is 1. The Morgan fingerprint density at radius 3 is 2.57 bits per heavy atom. The van der Waals surface area contributed by atoms with Gasteiger partial charge in [-0.2, -0.15) is 0 Å². The van der Waals surface area contributed by atoms with Gasteiger partial charge in [-0.15, -0.1) is 0 Å². The van der Waals surface area contributed by atoms with Crippen LogP contribution in [-0.2, 0) is 4.79 Å². The zero-order chi connectivity index (χ0) is 16.4. The minimum absolute atomic E-state index is 0.149. The van der Waals surface area contributed by atoms with Crippen molar-refractivity contribution in [1.29, 1.82) is 0 Å². The first-order valence-corrected chi connectivity index (χ1v) is 8.71. The van der Waals surface area contributed by atoms with E-state index in [1.807, 2.05) is 24.3 Å². The maximum Gasteiger partial charge on any atom is 0.230 e. The molecule has 23 heavy (non-hydrogen) atoms. The lowest BCUT2D eigenvalue weighted by Crippen LogP contribution is -2.35. The van der Waals surface area contributed by atoms with Crippen LogP contribution in [0.5, 0.6) is 0 Å². The number of aromatic nitrogens is 1. The van der Waals surface area contributed by atoms with E-state index in [4.69, 9.17) is 4.98 Å². The molecule has 0 aliphatic heterocycles. The number of benzene rings is 1. The summed E-state index contributed by atoms with van der Waals surface area (Å²) in [5.74, 6) is 0.422. The number of hydrogen-bond donors (Lipinski definition) is 1. The van der Waals surface area contributed by atoms with E-state index in [-0.39, 0.29) is 17.2 Å². The summed E-state index contributed by atoms with van der Waals surface area (Å²) >= 11 is 0. The van der Waals surface area contributed by atoms with Crippen molar-refractivity contribution in [3.05, 3.63) is 36.0 Å². The van der Waals surface area contributed by atoms with Crippen LogP contribution in [0.25, 0.3) is 10.9 Å². The van der Waals surface area contributed by atoms with Crippen molar-refractivity contribution in [2.24, 2.45) is 5.41 Å². The van der Waals surface area contributed by atoms with Gasteiger partial charge >= 0.3 is 0 Å². The third-order valence-corrected chi connectivity index (χ3v) is 5.05. The summed E-state index contributed by atoms with van der Waals surface area (Å²) in [7, 11) is 0. The van der Waals surface area contributed by atoms with E-state index in [0.29, 0.717) is 0 Å². The monoisotopic (exact) mass is 310 g/mol. The first-order chi connectivity index (χ1) is 11.0. The van der Waals surface area contributed by atoms with E-state index in [1.54, 1.807) is 0 Å². The number of amides is 1. The normalized spacial score (nSPS) is 17.4. The van der Waals surface area contributed by atoms with Gasteiger partial charge in [-0.1, -0.05) is 58.2 Å². The van der Waals surface area contributed by atoms with Crippen molar-refractivity contribution >= 4 is 22.5 Å². The van der Waals surface area contributed by atoms with Gasteiger partial charge in [0.15, 0.2) is 0 Å². The van der Waals surface area contributed by atoms with Crippen LogP contribution in [0.4, 0.5) is 5.69 Å². The highest BCUT2D eigenvalue weighted by molar-refractivity contribution is 5.97. The van der Waals surface area contributed by atoms with Gasteiger partial charge in [-0.05, 0) is 30.9 Å². The standard InChI is InChI=1S/C20H26N2O/c1-14(2)18-17(13-15-9-5-6-10-16(15)21-18)22-19(23)20(3)11-7-4-8-12-20/h5-6,9-10,13-14H,4,7-8,11-12H2,1-3H3,(H,22,23). The van der Waals surface area contributed by atoms with Crippen LogP contribution in [0.3, 0.4) is 0 Å². The third kappa shape index (κ3) is 3.24. The predicted octanol–water partition coefficient (Wildman–Crippen LogP) is 5.27. The zero-order valence-electron chi connectivity index (χ0n) is 14.4. The van der Waals surface area contributed by atoms with Crippen molar-refractivity contribution in [2.75, 3.05) is 5.32 Å². The Kier molecular flexibility index (Phi) is 4.38. The van der Waals surface area contributed by atoms with Crippen LogP contribution in [0.15, 0.2) is 30.3 Å². The summed E-state index contributed by atoms with van der Waals surface area (Å²) in [6.45, 7) is 6.34. The maximum atomic E-state index is 12.9. The predicted molar refractivity (Wildman–Crippen MR) is 95.7 cm³/mol. The largest absolute Gasteiger partial charge is 0.324 e. The fourth-order valence-electron chi connectivity index (χ4n) is 3.50. The number of fused-ring (bicyclic) bond motifs is 1. The second-order valence-corrected chi connectivity index (χ2v) is 7.34. The van der Waals surface area contributed by atoms with Gasteiger partial charge in [-0.25, -0.2) is 0 Å². The maximum absolute atomic E-state index is 12.9. The Balaban J connectivity index is 1.94. The molecule has 3 nitrogen and oxygen atoms in total. The number of pyridine rings is 1. The molecular formula is C20H26N2O. The molecule has 1 saturated carbocycles. The van der Waals surface area contributed by atoms with Gasteiger partial charge < -0.3 is 5.32 Å². The summed E-state index contributed by atoms with van der Waals surface area (Å²) in [6, 6.07) is 10.1. The van der Waals surface area contributed by atoms with Crippen LogP contribution >= 0.6 is 0 Å². The molecule has 122 valence electrons. The highest BCUT2D eigenvalue weighted by atomic mass is 16.2. The molecule has 0 radical (unpaired) electrons. The van der Waals surface area contributed by atoms with Gasteiger partial charge in [0, 0.05) is 10.8 Å². The molecule has 1 N–H and O–H groups in total. The summed E-state index contributed by atoms with van der Waals surface area (Å²) in [5.41, 5.74) is 2.59. The number of carbonyl (C=O) groups is 1. The fraction of sp³-hybridized carbons (Fsp3) is 0.500. The molecule has 0 atom stereocenters. The van der Waals surface area contributed by atoms with Gasteiger partial charge in [0.2, 0.25) is 5.91 Å². The summed E-state index contributed by atoms with van der Waals surface area (Å²) < 4.78 is 0. The Morgan fingerprint density at radius 1 is 1.17 bits per heavy atom. The molecule has 0 bridgehead atoms. The van der Waals surface area contributed by atoms with Crippen molar-refractivity contribution in [2.45, 2.75) is 58.8 Å². The van der Waals surface area contributed by atoms with Crippen LogP contribution < -0.4 is 5.32 Å². The number of anilines is 1. The van der Waals surface area contributed by atoms with Crippen molar-refractivity contribution in [3.63, 3.8) is 0 Å². The lowest BCUT2D eigenvalue weighted by molar-refractivity contribution is -0.126. The summed E-state index contributed by atoms with van der Waals surface area (Å²) in [4.78, 5) is 17.6. The average molecular weight is 310 g/mol. The SMILES string of the molecule is CC(C)c1nc2ccccc2cc1NC(=O)C1(C)CCCCC1. The van der Waals surface area contributed by atoms with E-state index >= 15 is 0 Å². The molecule has 0 unspecified atom stereocenters. The Labute approximate surface area is 138 Å². The molecule has 1 aliphatic carbocycles. The van der Waals surface area contributed by atoms with Crippen molar-refractivity contribution < 1.29 is 4.79 Å². The number of carbonyl (C=O) groups excluding carboxylic acids is 1. The number of nitrogens with zero attached hydrogens (tertiary/aromatic N) is 1. The zero-order valence-corrected chi connectivity index (χ0v) is 14.4. The molecule has 1 aromatic heterocycles. The highest BCUT2D eigenvalue weighted by Crippen LogP contribution is 2.37. The lowest BCUT2D eigenvalue weighted by atomic mass is 9.75. The second-order valence-electron chi connectivity index (χ2n) is 7.34. The highest BCUT2D eigenvalue weighted by Gasteiger charge is 2.34. The lowest BCUT2D eigenvalue weighted by Gasteiger charge is -2.32. The molecule has 1 fully saturated rings. The molecular weight excluding hydrogens is 284 g/mol. The van der Waals surface area contributed by atoms with Crippen LogP contribution in [0.2, 0.25) is 0 Å². The second kappa shape index (κ2) is 6.31. The quantitative estimate of drug-likeness (QED) is 0.839. The van der Waals surface area contributed by atoms with E-state index in [2.05, 4.69) is 32.2 Å². The topological polar surface area (TPSA) is 42.0 Å². The summed E-state index contributed by atoms with van der Waals surface area (Å²) in [5, 5.41) is 4.26.